The Bertz CT molecular complexity index is 522. The quantitative estimate of drug-likeness (QED) is 0.799. The highest BCUT2D eigenvalue weighted by Crippen LogP contribution is 2.26. The van der Waals surface area contributed by atoms with E-state index >= 15 is 0 Å². The minimum absolute atomic E-state index is 0.0839. The second-order valence-electron chi connectivity index (χ2n) is 3.64. The highest BCUT2D eigenvalue weighted by Gasteiger charge is 2.17. The Labute approximate surface area is 93.7 Å². The predicted molar refractivity (Wildman–Crippen MR) is 61.7 cm³/mol. The van der Waals surface area contributed by atoms with E-state index in [0.29, 0.717) is 5.56 Å². The number of aromatic amines is 1. The van der Waals surface area contributed by atoms with Crippen molar-refractivity contribution in [1.29, 1.82) is 5.26 Å². The number of anilines is 1. The monoisotopic (exact) mass is 212 g/mol. The molecule has 0 spiro atoms. The second-order valence-corrected chi connectivity index (χ2v) is 3.64. The fourth-order valence-corrected chi connectivity index (χ4v) is 1.71. The molecule has 3 N–H and O–H groups in total. The van der Waals surface area contributed by atoms with Gasteiger partial charge in [0.15, 0.2) is 5.82 Å². The molecule has 1 aromatic carbocycles. The van der Waals surface area contributed by atoms with Crippen molar-refractivity contribution in [2.24, 2.45) is 0 Å². The summed E-state index contributed by atoms with van der Waals surface area (Å²) in [5.41, 5.74) is 7.94. The van der Waals surface area contributed by atoms with Gasteiger partial charge in [0.2, 0.25) is 0 Å². The van der Waals surface area contributed by atoms with Crippen molar-refractivity contribution < 1.29 is 0 Å². The molecule has 1 unspecified atom stereocenters. The molecule has 4 heteroatoms. The maximum Gasteiger partial charge on any atom is 0.163 e. The van der Waals surface area contributed by atoms with Gasteiger partial charge in [-0.1, -0.05) is 37.3 Å². The first kappa shape index (κ1) is 10.2. The third kappa shape index (κ3) is 1.63. The van der Waals surface area contributed by atoms with Gasteiger partial charge in [-0.25, -0.2) is 0 Å². The number of nitrogens with two attached hydrogens (primary N) is 1. The van der Waals surface area contributed by atoms with Crippen molar-refractivity contribution in [3.8, 4) is 6.07 Å². The molecule has 80 valence electrons. The van der Waals surface area contributed by atoms with Gasteiger partial charge in [-0.3, -0.25) is 5.10 Å². The Morgan fingerprint density at radius 1 is 1.38 bits per heavy atom. The van der Waals surface area contributed by atoms with Crippen molar-refractivity contribution in [3.05, 3.63) is 47.2 Å². The summed E-state index contributed by atoms with van der Waals surface area (Å²) in [5, 5.41) is 15.7. The van der Waals surface area contributed by atoms with Crippen LogP contribution in [0.1, 0.15) is 29.7 Å². The summed E-state index contributed by atoms with van der Waals surface area (Å²) in [6.07, 6.45) is 0. The van der Waals surface area contributed by atoms with Crippen LogP contribution in [0.2, 0.25) is 0 Å². The van der Waals surface area contributed by atoms with Crippen LogP contribution >= 0.6 is 0 Å². The summed E-state index contributed by atoms with van der Waals surface area (Å²) >= 11 is 0. The van der Waals surface area contributed by atoms with Crippen molar-refractivity contribution >= 4 is 5.82 Å². The third-order valence-electron chi connectivity index (χ3n) is 2.67. The van der Waals surface area contributed by atoms with E-state index in [-0.39, 0.29) is 11.7 Å². The van der Waals surface area contributed by atoms with E-state index in [9.17, 15) is 0 Å². The number of hydrogen-bond acceptors (Lipinski definition) is 3. The van der Waals surface area contributed by atoms with E-state index in [1.807, 2.05) is 37.3 Å². The molecule has 0 aliphatic rings. The molecule has 0 saturated carbocycles. The average molecular weight is 212 g/mol. The van der Waals surface area contributed by atoms with Crippen molar-refractivity contribution in [1.82, 2.24) is 10.2 Å². The summed E-state index contributed by atoms with van der Waals surface area (Å²) < 4.78 is 0. The molecule has 2 aromatic rings. The summed E-state index contributed by atoms with van der Waals surface area (Å²) in [7, 11) is 0. The summed E-state index contributed by atoms with van der Waals surface area (Å²) in [6.45, 7) is 2.02. The van der Waals surface area contributed by atoms with Gasteiger partial charge in [-0.05, 0) is 5.56 Å². The van der Waals surface area contributed by atoms with Crippen molar-refractivity contribution in [2.75, 3.05) is 5.73 Å². The Balaban J connectivity index is 2.43. The Hall–Kier alpha value is -2.28. The van der Waals surface area contributed by atoms with Gasteiger partial charge in [0.05, 0.1) is 5.69 Å². The molecule has 4 nitrogen and oxygen atoms in total. The molecule has 0 amide bonds. The maximum absolute atomic E-state index is 8.99. The van der Waals surface area contributed by atoms with Crippen LogP contribution in [0.3, 0.4) is 0 Å². The molecule has 2 rings (SSSR count). The lowest BCUT2D eigenvalue weighted by atomic mass is 9.95. The normalized spacial score (nSPS) is 12.0. The highest BCUT2D eigenvalue weighted by molar-refractivity contribution is 5.53. The average Bonchev–Trinajstić information content (AvgIpc) is 2.70. The first-order chi connectivity index (χ1) is 7.74. The smallest absolute Gasteiger partial charge is 0.163 e. The number of nitriles is 1. The molecule has 0 aliphatic heterocycles. The van der Waals surface area contributed by atoms with Crippen molar-refractivity contribution in [2.45, 2.75) is 12.8 Å². The Morgan fingerprint density at radius 3 is 2.69 bits per heavy atom. The molecule has 1 atom stereocenters. The lowest BCUT2D eigenvalue weighted by Crippen LogP contribution is -1.99. The molecule has 1 heterocycles. The molecule has 16 heavy (non-hydrogen) atoms. The van der Waals surface area contributed by atoms with Crippen LogP contribution in [-0.4, -0.2) is 10.2 Å². The largest absolute Gasteiger partial charge is 0.381 e. The molecule has 0 fully saturated rings. The van der Waals surface area contributed by atoms with E-state index in [0.717, 1.165) is 11.3 Å². The van der Waals surface area contributed by atoms with E-state index in [4.69, 9.17) is 11.0 Å². The zero-order valence-corrected chi connectivity index (χ0v) is 8.94. The fourth-order valence-electron chi connectivity index (χ4n) is 1.71. The SMILES string of the molecule is CC(c1ccccc1)c1[nH]nc(N)c1C#N. The maximum atomic E-state index is 8.99. The van der Waals surface area contributed by atoms with Gasteiger partial charge < -0.3 is 5.73 Å². The van der Waals surface area contributed by atoms with Crippen LogP contribution in [0.4, 0.5) is 5.82 Å². The number of hydrogen-bond donors (Lipinski definition) is 2. The van der Waals surface area contributed by atoms with E-state index in [1.54, 1.807) is 0 Å². The number of benzene rings is 1. The third-order valence-corrected chi connectivity index (χ3v) is 2.67. The Kier molecular flexibility index (Phi) is 2.61. The summed E-state index contributed by atoms with van der Waals surface area (Å²) in [5.74, 6) is 0.348. The first-order valence-electron chi connectivity index (χ1n) is 5.02. The minimum atomic E-state index is 0.0839. The zero-order chi connectivity index (χ0) is 11.5. The molecule has 0 saturated heterocycles. The molecular formula is C12H12N4. The van der Waals surface area contributed by atoms with Crippen LogP contribution < -0.4 is 5.73 Å². The van der Waals surface area contributed by atoms with Gasteiger partial charge in [0, 0.05) is 5.92 Å². The topological polar surface area (TPSA) is 78.5 Å². The standard InChI is InChI=1S/C12H12N4/c1-8(9-5-3-2-4-6-9)11-10(7-13)12(14)16-15-11/h2-6,8H,1H3,(H3,14,15,16). The van der Waals surface area contributed by atoms with Gasteiger partial charge in [0.1, 0.15) is 11.6 Å². The summed E-state index contributed by atoms with van der Waals surface area (Å²) in [6, 6.07) is 12.0. The fraction of sp³-hybridized carbons (Fsp3) is 0.167. The van der Waals surface area contributed by atoms with Crippen LogP contribution in [0.5, 0.6) is 0 Å². The number of H-pyrrole nitrogens is 1. The van der Waals surface area contributed by atoms with E-state index in [1.165, 1.54) is 0 Å². The predicted octanol–water partition coefficient (Wildman–Crippen LogP) is 2.02. The lowest BCUT2D eigenvalue weighted by Gasteiger charge is -2.09. The molecule has 0 aliphatic carbocycles. The van der Waals surface area contributed by atoms with Gasteiger partial charge in [-0.15, -0.1) is 0 Å². The van der Waals surface area contributed by atoms with Crippen LogP contribution in [0.25, 0.3) is 0 Å². The van der Waals surface area contributed by atoms with E-state index < -0.39 is 0 Å². The minimum Gasteiger partial charge on any atom is -0.381 e. The molecule has 0 radical (unpaired) electrons. The number of nitrogens with one attached hydrogen (secondary N) is 1. The molecule has 0 bridgehead atoms. The van der Waals surface area contributed by atoms with Gasteiger partial charge in [0.25, 0.3) is 0 Å². The lowest BCUT2D eigenvalue weighted by molar-refractivity contribution is 0.851. The zero-order valence-electron chi connectivity index (χ0n) is 8.94. The summed E-state index contributed by atoms with van der Waals surface area (Å²) in [4.78, 5) is 0. The second kappa shape index (κ2) is 4.07. The van der Waals surface area contributed by atoms with Crippen molar-refractivity contribution in [3.63, 3.8) is 0 Å². The van der Waals surface area contributed by atoms with Gasteiger partial charge in [-0.2, -0.15) is 10.4 Å². The Morgan fingerprint density at radius 2 is 2.06 bits per heavy atom. The highest BCUT2D eigenvalue weighted by atomic mass is 15.2. The first-order valence-corrected chi connectivity index (χ1v) is 5.02. The number of nitrogen functional groups attached to an aromatic ring is 1. The molecular weight excluding hydrogens is 200 g/mol. The van der Waals surface area contributed by atoms with Gasteiger partial charge >= 0.3 is 0 Å². The number of nitrogens with zero attached hydrogens (tertiary/aromatic N) is 2. The number of aromatic nitrogens is 2. The van der Waals surface area contributed by atoms with E-state index in [2.05, 4.69) is 16.3 Å². The van der Waals surface area contributed by atoms with Crippen LogP contribution in [-0.2, 0) is 0 Å². The molecule has 1 aromatic heterocycles. The van der Waals surface area contributed by atoms with Crippen LogP contribution in [0.15, 0.2) is 30.3 Å². The van der Waals surface area contributed by atoms with Crippen LogP contribution in [0, 0.1) is 11.3 Å². The number of rotatable bonds is 2.